The molecule has 1 fully saturated rings. The van der Waals surface area contributed by atoms with Crippen molar-refractivity contribution < 1.29 is 43.2 Å². The molecule has 1 aromatic rings. The van der Waals surface area contributed by atoms with Crippen molar-refractivity contribution in [2.45, 2.75) is 175 Å². The van der Waals surface area contributed by atoms with Gasteiger partial charge in [-0.2, -0.15) is 0 Å². The summed E-state index contributed by atoms with van der Waals surface area (Å²) in [6.45, 7) is 14.9. The smallest absolute Gasteiger partial charge is 0.260 e. The fraction of sp³-hybridized carbons (Fsp3) is 0.680. The number of benzene rings is 1. The third-order valence-electron chi connectivity index (χ3n) is 11.7. The maximum absolute atomic E-state index is 14.3. The lowest BCUT2D eigenvalue weighted by molar-refractivity contribution is -0.138. The van der Waals surface area contributed by atoms with Crippen molar-refractivity contribution in [2.24, 2.45) is 34.2 Å². The van der Waals surface area contributed by atoms with Crippen LogP contribution < -0.4 is 54.2 Å². The number of nitrogens with zero attached hydrogens (tertiary/aromatic N) is 2. The summed E-state index contributed by atoms with van der Waals surface area (Å²) in [5, 5.41) is 16.4. The number of hydrogen-bond donors (Lipinski definition) is 10. The van der Waals surface area contributed by atoms with E-state index in [0.29, 0.717) is 51.0 Å². The van der Waals surface area contributed by atoms with Gasteiger partial charge in [0, 0.05) is 26.4 Å². The number of unbranched alkanes of at least 4 members (excludes halogenated alkanes) is 2. The van der Waals surface area contributed by atoms with E-state index in [2.05, 4.69) is 47.7 Å². The van der Waals surface area contributed by atoms with Gasteiger partial charge in [-0.15, -0.1) is 0 Å². The highest BCUT2D eigenvalue weighted by molar-refractivity contribution is 5.97. The summed E-state index contributed by atoms with van der Waals surface area (Å²) in [6.07, 6.45) is 4.93. The minimum atomic E-state index is -1.22. The fourth-order valence-corrected chi connectivity index (χ4v) is 8.08. The predicted molar refractivity (Wildman–Crippen MR) is 271 cm³/mol. The van der Waals surface area contributed by atoms with Crippen LogP contribution in [0.4, 0.5) is 0 Å². The van der Waals surface area contributed by atoms with Crippen molar-refractivity contribution in [3.8, 4) is 0 Å². The van der Waals surface area contributed by atoms with E-state index in [0.717, 1.165) is 18.4 Å². The first-order valence-electron chi connectivity index (χ1n) is 25.3. The Morgan fingerprint density at radius 2 is 1.18 bits per heavy atom. The van der Waals surface area contributed by atoms with Gasteiger partial charge < -0.3 is 48.3 Å². The number of carbonyl (C=O) groups is 9. The van der Waals surface area contributed by atoms with Gasteiger partial charge in [0.15, 0.2) is 0 Å². The molecule has 0 bridgehead atoms. The minimum absolute atomic E-state index is 0.0135. The molecule has 12 N–H and O–H groups in total. The number of carbonyl (C=O) groups excluding carboxylic acids is 9. The van der Waals surface area contributed by atoms with E-state index in [4.69, 9.17) is 11.5 Å². The fourth-order valence-electron chi connectivity index (χ4n) is 8.08. The molecule has 1 aliphatic rings. The predicted octanol–water partition coefficient (Wildman–Crippen LogP) is 1.13. The summed E-state index contributed by atoms with van der Waals surface area (Å²) in [7, 11) is 0. The van der Waals surface area contributed by atoms with Crippen LogP contribution in [0.3, 0.4) is 0 Å². The Bertz CT molecular complexity index is 1930. The Balaban J connectivity index is 2.32. The third kappa shape index (κ3) is 24.5. The number of hydrazine groups is 1. The standard InChI is InChI=1S/C50H84N12O9/c1-31(2)27-39(59-50(71)42-20-16-26-62(42)35(8)63)45(66)54-30-44(65)55-38(23-22-36-17-11-9-12-18-36)47(68)56-37(19-15-25-53-34(7)52)46(67)57-40(28-32(3)4)48(69)58-41(29-33(5)6)49(70)61-60-43(64)21-13-10-14-24-51/h9,11-12,17-18,31-33,37-42H,10,13-16,19-30,51H2,1-8H3,(H2,52,53)(H,54,66)(H,55,65)(H,56,68)(H,57,67)(H,58,69)(H,59,71)(H,60,64)(H,61,70)/t37-,38-,39-,40-,41+,42-/m0/s1. The number of nitrogens with one attached hydrogen (secondary N) is 8. The summed E-state index contributed by atoms with van der Waals surface area (Å²) in [4.78, 5) is 127. The number of aryl methyl sites for hydroxylation is 1. The molecule has 398 valence electrons. The van der Waals surface area contributed by atoms with Gasteiger partial charge in [0.1, 0.15) is 36.3 Å². The molecule has 0 aromatic heterocycles. The Labute approximate surface area is 420 Å². The first-order valence-corrected chi connectivity index (χ1v) is 25.3. The molecule has 21 nitrogen and oxygen atoms in total. The molecular weight excluding hydrogens is 913 g/mol. The second kappa shape index (κ2) is 32.7. The highest BCUT2D eigenvalue weighted by Crippen LogP contribution is 2.18. The Morgan fingerprint density at radius 3 is 1.75 bits per heavy atom. The van der Waals surface area contributed by atoms with E-state index < -0.39 is 84.1 Å². The molecule has 21 heteroatoms. The zero-order valence-corrected chi connectivity index (χ0v) is 43.3. The molecule has 0 radical (unpaired) electrons. The van der Waals surface area contributed by atoms with Crippen LogP contribution in [-0.4, -0.2) is 126 Å². The van der Waals surface area contributed by atoms with Gasteiger partial charge in [-0.3, -0.25) is 59.0 Å². The molecule has 9 amide bonds. The largest absolute Gasteiger partial charge is 0.388 e. The number of hydrogen-bond acceptors (Lipinski definition) is 11. The summed E-state index contributed by atoms with van der Waals surface area (Å²) < 4.78 is 0. The monoisotopic (exact) mass is 997 g/mol. The average Bonchev–Trinajstić information content (AvgIpc) is 3.81. The lowest BCUT2D eigenvalue weighted by atomic mass is 9.99. The highest BCUT2D eigenvalue weighted by Gasteiger charge is 2.36. The number of aliphatic imine (C=N–C) groups is 1. The quantitative estimate of drug-likeness (QED) is 0.0218. The molecule has 6 atom stereocenters. The van der Waals surface area contributed by atoms with Crippen LogP contribution in [0.2, 0.25) is 0 Å². The van der Waals surface area contributed by atoms with Crippen LogP contribution in [-0.2, 0) is 49.6 Å². The van der Waals surface area contributed by atoms with Gasteiger partial charge >= 0.3 is 0 Å². The molecule has 0 aliphatic carbocycles. The molecule has 1 heterocycles. The Morgan fingerprint density at radius 1 is 0.634 bits per heavy atom. The minimum Gasteiger partial charge on any atom is -0.388 e. The van der Waals surface area contributed by atoms with Crippen molar-refractivity contribution in [3.63, 3.8) is 0 Å². The summed E-state index contributed by atoms with van der Waals surface area (Å²) in [6, 6.07) is 2.96. The number of likely N-dealkylation sites (tertiary alicyclic amines) is 1. The van der Waals surface area contributed by atoms with Crippen LogP contribution >= 0.6 is 0 Å². The molecule has 1 aromatic carbocycles. The number of rotatable bonds is 31. The maximum atomic E-state index is 14.3. The Kier molecular flexibility index (Phi) is 28.1. The second-order valence-electron chi connectivity index (χ2n) is 19.7. The molecule has 0 unspecified atom stereocenters. The lowest BCUT2D eigenvalue weighted by Crippen LogP contribution is -2.59. The zero-order valence-electron chi connectivity index (χ0n) is 43.3. The van der Waals surface area contributed by atoms with E-state index >= 15 is 0 Å². The van der Waals surface area contributed by atoms with E-state index in [1.165, 1.54) is 11.8 Å². The summed E-state index contributed by atoms with van der Waals surface area (Å²) >= 11 is 0. The molecule has 0 spiro atoms. The van der Waals surface area contributed by atoms with Crippen molar-refractivity contribution in [1.29, 1.82) is 0 Å². The molecule has 1 aliphatic heterocycles. The van der Waals surface area contributed by atoms with Gasteiger partial charge in [-0.05, 0) is 107 Å². The maximum Gasteiger partial charge on any atom is 0.260 e. The number of amides is 9. The van der Waals surface area contributed by atoms with Crippen molar-refractivity contribution >= 4 is 59.0 Å². The van der Waals surface area contributed by atoms with Crippen LogP contribution in [0.15, 0.2) is 35.3 Å². The number of amidine groups is 1. The molecule has 1 saturated heterocycles. The van der Waals surface area contributed by atoms with Crippen LogP contribution in [0.1, 0.15) is 138 Å². The first-order chi connectivity index (χ1) is 33.6. The van der Waals surface area contributed by atoms with Crippen LogP contribution in [0, 0.1) is 17.8 Å². The van der Waals surface area contributed by atoms with Crippen molar-refractivity contribution in [3.05, 3.63) is 35.9 Å². The number of nitrogens with two attached hydrogens (primary N) is 2. The average molecular weight is 997 g/mol. The van der Waals surface area contributed by atoms with Gasteiger partial charge in [0.05, 0.1) is 12.4 Å². The van der Waals surface area contributed by atoms with Crippen molar-refractivity contribution in [1.82, 2.24) is 47.7 Å². The van der Waals surface area contributed by atoms with Gasteiger partial charge in [0.2, 0.25) is 47.3 Å². The van der Waals surface area contributed by atoms with Gasteiger partial charge in [-0.1, -0.05) is 78.3 Å². The second-order valence-corrected chi connectivity index (χ2v) is 19.7. The zero-order chi connectivity index (χ0) is 53.0. The Hall–Kier alpha value is -6.12. The molecule has 0 saturated carbocycles. The van der Waals surface area contributed by atoms with E-state index in [9.17, 15) is 43.2 Å². The van der Waals surface area contributed by atoms with Crippen LogP contribution in [0.5, 0.6) is 0 Å². The SMILES string of the molecule is CC(=O)N1CCC[C@H]1C(=O)N[C@@H](CC(C)C)C(=O)NCC(=O)N[C@@H](CCc1ccccc1)C(=O)N[C@@H](CCCN=C(C)N)C(=O)N[C@@H](CC(C)C)C(=O)N[C@H](CC(C)C)C(=O)NNC(=O)CCCCCN. The van der Waals surface area contributed by atoms with E-state index in [-0.39, 0.29) is 74.6 Å². The normalized spacial score (nSPS) is 15.7. The topological polar surface area (TPSA) is 318 Å². The highest BCUT2D eigenvalue weighted by atomic mass is 16.2. The van der Waals surface area contributed by atoms with E-state index in [1.807, 2.05) is 71.9 Å². The molecule has 2 rings (SSSR count). The van der Waals surface area contributed by atoms with E-state index in [1.54, 1.807) is 6.92 Å². The molecule has 71 heavy (non-hydrogen) atoms. The van der Waals surface area contributed by atoms with Crippen LogP contribution in [0.25, 0.3) is 0 Å². The lowest BCUT2D eigenvalue weighted by Gasteiger charge is -2.28. The van der Waals surface area contributed by atoms with Gasteiger partial charge in [0.25, 0.3) is 5.91 Å². The molecular formula is C50H84N12O9. The third-order valence-corrected chi connectivity index (χ3v) is 11.7. The first kappa shape index (κ1) is 61.0. The van der Waals surface area contributed by atoms with Gasteiger partial charge in [-0.25, -0.2) is 0 Å². The summed E-state index contributed by atoms with van der Waals surface area (Å²) in [5.74, 6) is -4.89. The van der Waals surface area contributed by atoms with Crippen molar-refractivity contribution in [2.75, 3.05) is 26.2 Å². The summed E-state index contributed by atoms with van der Waals surface area (Å²) in [5.41, 5.74) is 17.0.